The number of para-hydroxylation sites is 1. The first kappa shape index (κ1) is 24.4. The zero-order valence-corrected chi connectivity index (χ0v) is 21.7. The van der Waals surface area contributed by atoms with Gasteiger partial charge in [0.05, 0.1) is 35.7 Å². The fourth-order valence-corrected chi connectivity index (χ4v) is 5.82. The van der Waals surface area contributed by atoms with Crippen LogP contribution in [0.5, 0.6) is 11.5 Å². The third-order valence-electron chi connectivity index (χ3n) is 6.66. The Labute approximate surface area is 224 Å². The Balaban J connectivity index is 1.26. The third-order valence-corrected chi connectivity index (χ3v) is 7.75. The molecule has 2 aromatic carbocycles. The summed E-state index contributed by atoms with van der Waals surface area (Å²) in [4.78, 5) is 36.1. The van der Waals surface area contributed by atoms with E-state index in [9.17, 15) is 9.59 Å². The van der Waals surface area contributed by atoms with Crippen LogP contribution in [0.1, 0.15) is 15.2 Å². The molecule has 2 aliphatic heterocycles. The number of benzene rings is 2. The van der Waals surface area contributed by atoms with Crippen LogP contribution in [0.2, 0.25) is 0 Å². The summed E-state index contributed by atoms with van der Waals surface area (Å²) in [5.41, 5.74) is 2.80. The number of aromatic nitrogens is 1. The molecule has 0 bridgehead atoms. The molecule has 1 fully saturated rings. The van der Waals surface area contributed by atoms with Crippen LogP contribution in [0, 0.1) is 6.92 Å². The highest BCUT2D eigenvalue weighted by Gasteiger charge is 2.33. The second-order valence-electron chi connectivity index (χ2n) is 9.16. The van der Waals surface area contributed by atoms with Crippen molar-refractivity contribution < 1.29 is 19.1 Å². The van der Waals surface area contributed by atoms with E-state index in [4.69, 9.17) is 9.47 Å². The van der Waals surface area contributed by atoms with Gasteiger partial charge in [-0.2, -0.15) is 0 Å². The van der Waals surface area contributed by atoms with Gasteiger partial charge in [0.1, 0.15) is 21.2 Å². The van der Waals surface area contributed by atoms with Crippen molar-refractivity contribution in [1.29, 1.82) is 0 Å². The van der Waals surface area contributed by atoms with Gasteiger partial charge >= 0.3 is 6.03 Å². The zero-order valence-electron chi connectivity index (χ0n) is 20.9. The fourth-order valence-electron chi connectivity index (χ4n) is 4.78. The molecule has 0 spiro atoms. The number of aryl methyl sites for hydroxylation is 1. The highest BCUT2D eigenvalue weighted by atomic mass is 32.1. The van der Waals surface area contributed by atoms with Gasteiger partial charge in [-0.05, 0) is 48.9 Å². The van der Waals surface area contributed by atoms with Crippen LogP contribution in [0.15, 0.2) is 60.8 Å². The van der Waals surface area contributed by atoms with Crippen molar-refractivity contribution in [3.05, 3.63) is 71.2 Å². The quantitative estimate of drug-likeness (QED) is 0.344. The van der Waals surface area contributed by atoms with Gasteiger partial charge in [-0.15, -0.1) is 11.3 Å². The molecule has 0 radical (unpaired) electrons. The molecule has 0 atom stereocenters. The number of carbonyl (C=O) groups excluding carboxylic acids is 2. The van der Waals surface area contributed by atoms with Crippen molar-refractivity contribution in [2.75, 3.05) is 49.6 Å². The van der Waals surface area contributed by atoms with E-state index in [0.717, 1.165) is 42.0 Å². The van der Waals surface area contributed by atoms with Crippen LogP contribution < -0.4 is 20.3 Å². The number of rotatable bonds is 7. The number of pyridine rings is 1. The minimum absolute atomic E-state index is 0.213. The molecule has 2 aromatic heterocycles. The van der Waals surface area contributed by atoms with Crippen molar-refractivity contribution in [3.8, 4) is 11.5 Å². The number of hydrogen-bond acceptors (Lipinski definition) is 7. The van der Waals surface area contributed by atoms with Gasteiger partial charge in [-0.1, -0.05) is 18.2 Å². The summed E-state index contributed by atoms with van der Waals surface area (Å²) >= 11 is 1.29. The SMILES string of the molecule is Cc1cc(Oc2ccccc2)ccc1N1C(=O)Nc2c(C(=O)NCCN3CCOCC3)sc3nccc1c23. The number of thiophene rings is 1. The van der Waals surface area contributed by atoms with E-state index in [1.165, 1.54) is 11.3 Å². The average molecular weight is 530 g/mol. The Morgan fingerprint density at radius 2 is 1.92 bits per heavy atom. The van der Waals surface area contributed by atoms with Gasteiger partial charge in [-0.3, -0.25) is 14.6 Å². The summed E-state index contributed by atoms with van der Waals surface area (Å²) < 4.78 is 11.3. The monoisotopic (exact) mass is 529 g/mol. The number of morpholine rings is 1. The lowest BCUT2D eigenvalue weighted by atomic mass is 10.1. The predicted molar refractivity (Wildman–Crippen MR) is 148 cm³/mol. The molecular formula is C28H27N5O4S. The van der Waals surface area contributed by atoms with E-state index in [1.54, 1.807) is 11.1 Å². The summed E-state index contributed by atoms with van der Waals surface area (Å²) in [6.45, 7) is 6.37. The smallest absolute Gasteiger partial charge is 0.331 e. The Morgan fingerprint density at radius 3 is 2.71 bits per heavy atom. The Hall–Kier alpha value is -3.99. The highest BCUT2D eigenvalue weighted by molar-refractivity contribution is 7.21. The van der Waals surface area contributed by atoms with Crippen molar-refractivity contribution in [1.82, 2.24) is 15.2 Å². The predicted octanol–water partition coefficient (Wildman–Crippen LogP) is 5.14. The molecule has 4 heterocycles. The van der Waals surface area contributed by atoms with Gasteiger partial charge in [0.2, 0.25) is 0 Å². The maximum Gasteiger partial charge on any atom is 0.331 e. The lowest BCUT2D eigenvalue weighted by Gasteiger charge is -2.29. The molecule has 0 aliphatic carbocycles. The molecule has 10 heteroatoms. The number of hydrogen-bond donors (Lipinski definition) is 2. The fraction of sp³-hybridized carbons (Fsp3) is 0.250. The minimum Gasteiger partial charge on any atom is -0.457 e. The number of urea groups is 1. The highest BCUT2D eigenvalue weighted by Crippen LogP contribution is 2.46. The first-order chi connectivity index (χ1) is 18.6. The van der Waals surface area contributed by atoms with Crippen LogP contribution in [-0.2, 0) is 4.74 Å². The van der Waals surface area contributed by atoms with Crippen LogP contribution in [0.25, 0.3) is 10.2 Å². The zero-order chi connectivity index (χ0) is 26.1. The van der Waals surface area contributed by atoms with E-state index in [1.807, 2.05) is 61.5 Å². The average Bonchev–Trinajstić information content (AvgIpc) is 3.30. The third kappa shape index (κ3) is 4.69. The summed E-state index contributed by atoms with van der Waals surface area (Å²) in [6.07, 6.45) is 1.67. The van der Waals surface area contributed by atoms with Gasteiger partial charge in [0, 0.05) is 32.4 Å². The van der Waals surface area contributed by atoms with Crippen molar-refractivity contribution in [2.45, 2.75) is 6.92 Å². The Kier molecular flexibility index (Phi) is 6.67. The first-order valence-electron chi connectivity index (χ1n) is 12.5. The normalized spacial score (nSPS) is 15.4. The lowest BCUT2D eigenvalue weighted by molar-refractivity contribution is 0.0383. The number of amides is 3. The molecule has 2 aliphatic rings. The van der Waals surface area contributed by atoms with Crippen LogP contribution in [0.4, 0.5) is 21.9 Å². The summed E-state index contributed by atoms with van der Waals surface area (Å²) in [6, 6.07) is 16.7. The number of nitrogens with one attached hydrogen (secondary N) is 2. The molecule has 3 amide bonds. The van der Waals surface area contributed by atoms with Crippen LogP contribution >= 0.6 is 11.3 Å². The van der Waals surface area contributed by atoms with E-state index >= 15 is 0 Å². The molecule has 4 aromatic rings. The van der Waals surface area contributed by atoms with Gasteiger partial charge in [0.15, 0.2) is 0 Å². The summed E-state index contributed by atoms with van der Waals surface area (Å²) in [5, 5.41) is 6.73. The van der Waals surface area contributed by atoms with Gasteiger partial charge < -0.3 is 20.1 Å². The molecule has 0 unspecified atom stereocenters. The molecule has 2 N–H and O–H groups in total. The summed E-state index contributed by atoms with van der Waals surface area (Å²) in [7, 11) is 0. The summed E-state index contributed by atoms with van der Waals surface area (Å²) in [5.74, 6) is 1.21. The topological polar surface area (TPSA) is 96.0 Å². The molecule has 1 saturated heterocycles. The number of anilines is 3. The number of carbonyl (C=O) groups is 2. The molecule has 9 nitrogen and oxygen atoms in total. The second kappa shape index (κ2) is 10.4. The van der Waals surface area contributed by atoms with Crippen molar-refractivity contribution in [3.63, 3.8) is 0 Å². The largest absolute Gasteiger partial charge is 0.457 e. The lowest BCUT2D eigenvalue weighted by Crippen LogP contribution is -2.41. The molecule has 0 saturated carbocycles. The van der Waals surface area contributed by atoms with E-state index in [0.29, 0.717) is 46.6 Å². The Bertz CT molecular complexity index is 1500. The van der Waals surface area contributed by atoms with Crippen molar-refractivity contribution >= 4 is 50.6 Å². The number of ether oxygens (including phenoxy) is 2. The Morgan fingerprint density at radius 1 is 1.11 bits per heavy atom. The van der Waals surface area contributed by atoms with Gasteiger partial charge in [0.25, 0.3) is 5.91 Å². The standard InChI is InChI=1S/C28H27N5O4S/c1-18-17-20(37-19-5-3-2-4-6-19)7-8-21(18)33-22-9-10-30-27-23(22)24(31-28(33)35)25(38-27)26(34)29-11-12-32-13-15-36-16-14-32/h2-10,17H,11-16H2,1H3,(H,29,34)(H,31,35). The van der Waals surface area contributed by atoms with E-state index in [2.05, 4.69) is 20.5 Å². The van der Waals surface area contributed by atoms with Gasteiger partial charge in [-0.25, -0.2) is 9.78 Å². The minimum atomic E-state index is -0.328. The van der Waals surface area contributed by atoms with Crippen LogP contribution in [0.3, 0.4) is 0 Å². The molecule has 38 heavy (non-hydrogen) atoms. The molecule has 6 rings (SSSR count). The molecule has 194 valence electrons. The maximum absolute atomic E-state index is 13.4. The second-order valence-corrected chi connectivity index (χ2v) is 10.2. The van der Waals surface area contributed by atoms with E-state index < -0.39 is 0 Å². The van der Waals surface area contributed by atoms with E-state index in [-0.39, 0.29) is 11.9 Å². The maximum atomic E-state index is 13.4. The number of nitrogens with zero attached hydrogens (tertiary/aromatic N) is 3. The first-order valence-corrected chi connectivity index (χ1v) is 13.3. The van der Waals surface area contributed by atoms with Crippen molar-refractivity contribution in [2.24, 2.45) is 0 Å². The van der Waals surface area contributed by atoms with Crippen LogP contribution in [-0.4, -0.2) is 61.2 Å². The molecular weight excluding hydrogens is 502 g/mol.